The SMILES string of the molecule is O=C(O)c1cc(-c2ccc3ccccc3c2)ccc1Cl. The molecule has 0 spiro atoms. The van der Waals surface area contributed by atoms with Gasteiger partial charge in [0.05, 0.1) is 10.6 Å². The molecule has 3 heteroatoms. The molecule has 0 amide bonds. The summed E-state index contributed by atoms with van der Waals surface area (Å²) in [6.45, 7) is 0. The Morgan fingerprint density at radius 1 is 0.850 bits per heavy atom. The Labute approximate surface area is 121 Å². The zero-order valence-corrected chi connectivity index (χ0v) is 11.3. The van der Waals surface area contributed by atoms with Gasteiger partial charge < -0.3 is 5.11 Å². The largest absolute Gasteiger partial charge is 0.478 e. The monoisotopic (exact) mass is 282 g/mol. The quantitative estimate of drug-likeness (QED) is 0.729. The molecule has 98 valence electrons. The molecule has 0 radical (unpaired) electrons. The average Bonchev–Trinajstić information content (AvgIpc) is 2.47. The molecule has 0 aliphatic heterocycles. The number of rotatable bonds is 2. The van der Waals surface area contributed by atoms with E-state index in [0.29, 0.717) is 0 Å². The molecule has 0 bridgehead atoms. The number of carbonyl (C=O) groups is 1. The minimum Gasteiger partial charge on any atom is -0.478 e. The van der Waals surface area contributed by atoms with Gasteiger partial charge in [-0.3, -0.25) is 0 Å². The first kappa shape index (κ1) is 12.7. The Balaban J connectivity index is 2.15. The Kier molecular flexibility index (Phi) is 3.17. The maximum Gasteiger partial charge on any atom is 0.337 e. The van der Waals surface area contributed by atoms with E-state index in [9.17, 15) is 4.79 Å². The summed E-state index contributed by atoms with van der Waals surface area (Å²) >= 11 is 5.89. The van der Waals surface area contributed by atoms with Crippen molar-refractivity contribution in [2.24, 2.45) is 0 Å². The number of fused-ring (bicyclic) bond motifs is 1. The third-order valence-electron chi connectivity index (χ3n) is 3.28. The highest BCUT2D eigenvalue weighted by molar-refractivity contribution is 6.33. The molecule has 1 N–H and O–H groups in total. The molecule has 0 heterocycles. The fourth-order valence-electron chi connectivity index (χ4n) is 2.24. The summed E-state index contributed by atoms with van der Waals surface area (Å²) in [5.74, 6) is -1.02. The molecule has 3 aromatic carbocycles. The molecule has 0 atom stereocenters. The summed E-state index contributed by atoms with van der Waals surface area (Å²) in [6, 6.07) is 19.2. The van der Waals surface area contributed by atoms with E-state index in [1.807, 2.05) is 48.5 Å². The normalized spacial score (nSPS) is 10.7. The number of benzene rings is 3. The second-order valence-electron chi connectivity index (χ2n) is 4.56. The van der Waals surface area contributed by atoms with Crippen LogP contribution in [0.5, 0.6) is 0 Å². The van der Waals surface area contributed by atoms with E-state index in [4.69, 9.17) is 16.7 Å². The molecular formula is C17H11ClO2. The van der Waals surface area contributed by atoms with Crippen LogP contribution in [0.15, 0.2) is 60.7 Å². The van der Waals surface area contributed by atoms with Crippen molar-refractivity contribution in [3.05, 3.63) is 71.2 Å². The third-order valence-corrected chi connectivity index (χ3v) is 3.61. The van der Waals surface area contributed by atoms with Gasteiger partial charge in [-0.05, 0) is 40.1 Å². The lowest BCUT2D eigenvalue weighted by atomic mass is 10.00. The van der Waals surface area contributed by atoms with Gasteiger partial charge in [-0.15, -0.1) is 0 Å². The first-order valence-electron chi connectivity index (χ1n) is 6.17. The number of aromatic carboxylic acids is 1. The van der Waals surface area contributed by atoms with Gasteiger partial charge >= 0.3 is 5.97 Å². The number of carboxylic acid groups (broad SMARTS) is 1. The number of carboxylic acids is 1. The van der Waals surface area contributed by atoms with Gasteiger partial charge in [0.25, 0.3) is 0 Å². The molecule has 3 rings (SSSR count). The van der Waals surface area contributed by atoms with E-state index < -0.39 is 5.97 Å². The first-order valence-corrected chi connectivity index (χ1v) is 6.55. The van der Waals surface area contributed by atoms with Crippen LogP contribution in [0.1, 0.15) is 10.4 Å². The first-order chi connectivity index (χ1) is 9.65. The molecule has 0 aromatic heterocycles. The smallest absolute Gasteiger partial charge is 0.337 e. The molecule has 0 aliphatic carbocycles. The fraction of sp³-hybridized carbons (Fsp3) is 0. The van der Waals surface area contributed by atoms with Crippen LogP contribution in [0.25, 0.3) is 21.9 Å². The molecule has 3 aromatic rings. The van der Waals surface area contributed by atoms with Crippen molar-refractivity contribution in [1.29, 1.82) is 0 Å². The maximum absolute atomic E-state index is 11.1. The molecule has 20 heavy (non-hydrogen) atoms. The standard InChI is InChI=1S/C17H11ClO2/c18-16-8-7-14(10-15(16)17(19)20)13-6-5-11-3-1-2-4-12(11)9-13/h1-10H,(H,19,20). The lowest BCUT2D eigenvalue weighted by molar-refractivity contribution is 0.0697. The average molecular weight is 283 g/mol. The second kappa shape index (κ2) is 4.99. The number of hydrogen-bond donors (Lipinski definition) is 1. The van der Waals surface area contributed by atoms with Gasteiger partial charge in [-0.2, -0.15) is 0 Å². The highest BCUT2D eigenvalue weighted by Gasteiger charge is 2.10. The minimum absolute atomic E-state index is 0.123. The van der Waals surface area contributed by atoms with Gasteiger partial charge in [0.15, 0.2) is 0 Å². The summed E-state index contributed by atoms with van der Waals surface area (Å²) in [6.07, 6.45) is 0. The summed E-state index contributed by atoms with van der Waals surface area (Å²) in [5.41, 5.74) is 1.94. The van der Waals surface area contributed by atoms with Crippen LogP contribution < -0.4 is 0 Å². The van der Waals surface area contributed by atoms with Crippen LogP contribution in [0.4, 0.5) is 0 Å². The Hall–Kier alpha value is -2.32. The molecule has 0 saturated carbocycles. The number of hydrogen-bond acceptors (Lipinski definition) is 1. The highest BCUT2D eigenvalue weighted by atomic mass is 35.5. The van der Waals surface area contributed by atoms with Crippen molar-refractivity contribution in [2.45, 2.75) is 0 Å². The van der Waals surface area contributed by atoms with Crippen molar-refractivity contribution in [2.75, 3.05) is 0 Å². The van der Waals surface area contributed by atoms with E-state index in [2.05, 4.69) is 0 Å². The lowest BCUT2D eigenvalue weighted by Gasteiger charge is -2.06. The van der Waals surface area contributed by atoms with Crippen molar-refractivity contribution in [1.82, 2.24) is 0 Å². The van der Waals surface area contributed by atoms with Crippen LogP contribution in [0.3, 0.4) is 0 Å². The Bertz CT molecular complexity index is 809. The minimum atomic E-state index is -1.02. The zero-order chi connectivity index (χ0) is 14.1. The summed E-state index contributed by atoms with van der Waals surface area (Å²) in [5, 5.41) is 11.7. The van der Waals surface area contributed by atoms with Gasteiger partial charge in [0, 0.05) is 0 Å². The van der Waals surface area contributed by atoms with Crippen LogP contribution in [0.2, 0.25) is 5.02 Å². The van der Waals surface area contributed by atoms with E-state index in [1.165, 1.54) is 0 Å². The maximum atomic E-state index is 11.1. The highest BCUT2D eigenvalue weighted by Crippen LogP contribution is 2.28. The van der Waals surface area contributed by atoms with Crippen LogP contribution >= 0.6 is 11.6 Å². The van der Waals surface area contributed by atoms with Crippen LogP contribution in [-0.2, 0) is 0 Å². The topological polar surface area (TPSA) is 37.3 Å². The lowest BCUT2D eigenvalue weighted by Crippen LogP contribution is -1.97. The van der Waals surface area contributed by atoms with Crippen molar-refractivity contribution in [3.8, 4) is 11.1 Å². The molecular weight excluding hydrogens is 272 g/mol. The van der Waals surface area contributed by atoms with Crippen molar-refractivity contribution < 1.29 is 9.90 Å². The van der Waals surface area contributed by atoms with Gasteiger partial charge in [0.2, 0.25) is 0 Å². The molecule has 0 fully saturated rings. The van der Waals surface area contributed by atoms with Crippen molar-refractivity contribution in [3.63, 3.8) is 0 Å². The Morgan fingerprint density at radius 3 is 2.25 bits per heavy atom. The summed E-state index contributed by atoms with van der Waals surface area (Å²) in [7, 11) is 0. The predicted octanol–water partition coefficient (Wildman–Crippen LogP) is 4.86. The van der Waals surface area contributed by atoms with E-state index in [1.54, 1.807) is 12.1 Å². The molecule has 0 unspecified atom stereocenters. The zero-order valence-electron chi connectivity index (χ0n) is 10.5. The van der Waals surface area contributed by atoms with Crippen LogP contribution in [0, 0.1) is 0 Å². The summed E-state index contributed by atoms with van der Waals surface area (Å²) in [4.78, 5) is 11.1. The van der Waals surface area contributed by atoms with E-state index >= 15 is 0 Å². The van der Waals surface area contributed by atoms with Crippen LogP contribution in [-0.4, -0.2) is 11.1 Å². The van der Waals surface area contributed by atoms with E-state index in [-0.39, 0.29) is 10.6 Å². The molecule has 0 aliphatic rings. The molecule has 0 saturated heterocycles. The summed E-state index contributed by atoms with van der Waals surface area (Å²) < 4.78 is 0. The third kappa shape index (κ3) is 2.26. The molecule has 2 nitrogen and oxygen atoms in total. The van der Waals surface area contributed by atoms with Gasteiger partial charge in [0.1, 0.15) is 0 Å². The van der Waals surface area contributed by atoms with Crippen molar-refractivity contribution >= 4 is 28.3 Å². The van der Waals surface area contributed by atoms with Gasteiger partial charge in [-0.25, -0.2) is 4.79 Å². The fourth-order valence-corrected chi connectivity index (χ4v) is 2.44. The second-order valence-corrected chi connectivity index (χ2v) is 4.97. The van der Waals surface area contributed by atoms with Gasteiger partial charge in [-0.1, -0.05) is 54.1 Å². The predicted molar refractivity (Wildman–Crippen MR) is 81.4 cm³/mol. The number of halogens is 1. The Morgan fingerprint density at radius 2 is 1.50 bits per heavy atom. The van der Waals surface area contributed by atoms with E-state index in [0.717, 1.165) is 21.9 Å².